The molecule has 0 spiro atoms. The Balaban J connectivity index is 1.29. The molecule has 0 radical (unpaired) electrons. The Morgan fingerprint density at radius 2 is 1.94 bits per heavy atom. The van der Waals surface area contributed by atoms with Crippen LogP contribution in [0.3, 0.4) is 0 Å². The molecule has 1 unspecified atom stereocenters. The van der Waals surface area contributed by atoms with Crippen LogP contribution in [0.25, 0.3) is 0 Å². The first-order chi connectivity index (χ1) is 15.3. The molecule has 0 amide bonds. The van der Waals surface area contributed by atoms with Gasteiger partial charge in [0.2, 0.25) is 0 Å². The second kappa shape index (κ2) is 9.10. The van der Waals surface area contributed by atoms with Gasteiger partial charge in [-0.1, -0.05) is 55.6 Å². The lowest BCUT2D eigenvalue weighted by Crippen LogP contribution is -2.39. The van der Waals surface area contributed by atoms with E-state index in [-0.39, 0.29) is 6.54 Å². The molecule has 2 N–H and O–H groups in total. The fourth-order valence-corrected chi connectivity index (χ4v) is 3.98. The van der Waals surface area contributed by atoms with Gasteiger partial charge in [0.25, 0.3) is 0 Å². The molecule has 0 aliphatic carbocycles. The topological polar surface area (TPSA) is 39.7 Å². The minimum absolute atomic E-state index is 0.136. The first-order valence-electron chi connectivity index (χ1n) is 10.7. The van der Waals surface area contributed by atoms with Gasteiger partial charge >= 0.3 is 6.18 Å². The summed E-state index contributed by atoms with van der Waals surface area (Å²) >= 11 is 0. The van der Waals surface area contributed by atoms with E-state index in [1.165, 1.54) is 5.56 Å². The zero-order valence-electron chi connectivity index (χ0n) is 17.9. The van der Waals surface area contributed by atoms with Crippen LogP contribution in [-0.4, -0.2) is 35.9 Å². The number of nitrogens with zero attached hydrogens (tertiary/aromatic N) is 2. The van der Waals surface area contributed by atoms with Gasteiger partial charge < -0.3 is 15.5 Å². The summed E-state index contributed by atoms with van der Waals surface area (Å²) in [4.78, 5) is 6.35. The molecule has 0 aromatic heterocycles. The number of hydrogen-bond acceptors (Lipinski definition) is 4. The molecule has 7 heteroatoms. The largest absolute Gasteiger partial charge is 0.410 e. The van der Waals surface area contributed by atoms with E-state index in [0.29, 0.717) is 18.9 Å². The number of halogens is 3. The molecule has 0 saturated carbocycles. The molecule has 2 heterocycles. The van der Waals surface area contributed by atoms with Crippen LogP contribution < -0.4 is 10.6 Å². The van der Waals surface area contributed by atoms with Crippen LogP contribution in [0, 0.1) is 0 Å². The predicted molar refractivity (Wildman–Crippen MR) is 122 cm³/mol. The van der Waals surface area contributed by atoms with E-state index < -0.39 is 12.2 Å². The maximum atomic E-state index is 13.0. The van der Waals surface area contributed by atoms with Crippen LogP contribution in [0.2, 0.25) is 0 Å². The lowest BCUT2D eigenvalue weighted by atomic mass is 10.1. The van der Waals surface area contributed by atoms with E-state index in [4.69, 9.17) is 4.99 Å². The summed E-state index contributed by atoms with van der Waals surface area (Å²) in [5.41, 5.74) is 6.23. The van der Waals surface area contributed by atoms with Crippen molar-refractivity contribution in [2.45, 2.75) is 38.0 Å². The van der Waals surface area contributed by atoms with Crippen molar-refractivity contribution in [1.82, 2.24) is 15.5 Å². The second-order valence-electron chi connectivity index (χ2n) is 8.33. The summed E-state index contributed by atoms with van der Waals surface area (Å²) in [6.45, 7) is 8.71. The Morgan fingerprint density at radius 3 is 2.66 bits per heavy atom. The van der Waals surface area contributed by atoms with E-state index in [1.54, 1.807) is 4.90 Å². The highest BCUT2D eigenvalue weighted by atomic mass is 19.4. The van der Waals surface area contributed by atoms with E-state index in [9.17, 15) is 13.2 Å². The maximum Gasteiger partial charge on any atom is 0.410 e. The van der Waals surface area contributed by atoms with Crippen molar-refractivity contribution in [3.8, 4) is 0 Å². The number of allylic oxidation sites excluding steroid dienone is 1. The zero-order valence-corrected chi connectivity index (χ0v) is 17.9. The Morgan fingerprint density at radius 1 is 1.16 bits per heavy atom. The third-order valence-corrected chi connectivity index (χ3v) is 5.82. The predicted octanol–water partition coefficient (Wildman–Crippen LogP) is 4.86. The molecule has 2 aromatic carbocycles. The smallest absolute Gasteiger partial charge is 0.383 e. The number of hydrogen-bond donors (Lipinski definition) is 2. The van der Waals surface area contributed by atoms with Gasteiger partial charge in [0.05, 0.1) is 18.1 Å². The highest BCUT2D eigenvalue weighted by molar-refractivity contribution is 5.95. The van der Waals surface area contributed by atoms with Crippen LogP contribution in [0.4, 0.5) is 18.9 Å². The fourth-order valence-electron chi connectivity index (χ4n) is 3.98. The number of aryl methyl sites for hydroxylation is 1. The van der Waals surface area contributed by atoms with Gasteiger partial charge in [-0.15, -0.1) is 0 Å². The highest BCUT2D eigenvalue weighted by Gasteiger charge is 2.44. The summed E-state index contributed by atoms with van der Waals surface area (Å²) < 4.78 is 38.9. The number of fused-ring (bicyclic) bond motifs is 1. The summed E-state index contributed by atoms with van der Waals surface area (Å²) in [6, 6.07) is 14.7. The van der Waals surface area contributed by atoms with Crippen LogP contribution >= 0.6 is 0 Å². The van der Waals surface area contributed by atoms with Crippen LogP contribution in [-0.2, 0) is 19.4 Å². The van der Waals surface area contributed by atoms with Crippen LogP contribution in [0.5, 0.6) is 0 Å². The minimum atomic E-state index is -4.28. The van der Waals surface area contributed by atoms with Crippen LogP contribution in [0.15, 0.2) is 78.2 Å². The van der Waals surface area contributed by atoms with E-state index in [1.807, 2.05) is 36.4 Å². The quantitative estimate of drug-likeness (QED) is 0.616. The van der Waals surface area contributed by atoms with Crippen molar-refractivity contribution in [2.24, 2.45) is 4.99 Å². The van der Waals surface area contributed by atoms with Gasteiger partial charge in [-0.3, -0.25) is 4.99 Å². The van der Waals surface area contributed by atoms with Gasteiger partial charge in [-0.25, -0.2) is 0 Å². The standard InChI is InChI=1S/C25H27F3N4/c1-17(8-9-19-6-4-3-5-7-19)29-14-22-13-21-11-10-20(12-23(21)31-22)15-32-16-24(25(26,27)28)30-18(32)2/h3-7,10-12,24,29-30H,1-2,8-9,13-16H2. The molecule has 2 aromatic rings. The number of benzene rings is 2. The lowest BCUT2D eigenvalue weighted by Gasteiger charge is -2.18. The molecule has 168 valence electrons. The van der Waals surface area contributed by atoms with E-state index in [0.717, 1.165) is 47.5 Å². The van der Waals surface area contributed by atoms with Gasteiger partial charge in [0.1, 0.15) is 6.04 Å². The highest BCUT2D eigenvalue weighted by Crippen LogP contribution is 2.31. The van der Waals surface area contributed by atoms with E-state index >= 15 is 0 Å². The molecule has 1 atom stereocenters. The average molecular weight is 441 g/mol. The lowest BCUT2D eigenvalue weighted by molar-refractivity contribution is -0.150. The number of aliphatic imine (C=N–C) groups is 1. The van der Waals surface area contributed by atoms with Crippen molar-refractivity contribution in [1.29, 1.82) is 0 Å². The van der Waals surface area contributed by atoms with Gasteiger partial charge in [0, 0.05) is 30.9 Å². The molecule has 32 heavy (non-hydrogen) atoms. The van der Waals surface area contributed by atoms with Crippen LogP contribution in [0.1, 0.15) is 23.1 Å². The first-order valence-corrected chi connectivity index (χ1v) is 10.7. The SMILES string of the molecule is C=C(CCc1ccccc1)NCC1=Nc2cc(CN3CC(C(F)(F)F)NC3=C)ccc2C1. The maximum absolute atomic E-state index is 13.0. The molecule has 2 aliphatic heterocycles. The second-order valence-corrected chi connectivity index (χ2v) is 8.33. The van der Waals surface area contributed by atoms with Crippen molar-refractivity contribution in [3.63, 3.8) is 0 Å². The Labute approximate surface area is 186 Å². The van der Waals surface area contributed by atoms with Gasteiger partial charge in [-0.05, 0) is 35.6 Å². The summed E-state index contributed by atoms with van der Waals surface area (Å²) in [7, 11) is 0. The molecule has 0 bridgehead atoms. The fraction of sp³-hybridized carbons (Fsp3) is 0.320. The molecular formula is C25H27F3N4. The number of nitrogens with one attached hydrogen (secondary N) is 2. The molecule has 2 aliphatic rings. The molecular weight excluding hydrogens is 413 g/mol. The molecule has 1 fully saturated rings. The monoisotopic (exact) mass is 440 g/mol. The van der Waals surface area contributed by atoms with Crippen molar-refractivity contribution in [2.75, 3.05) is 13.1 Å². The summed E-state index contributed by atoms with van der Waals surface area (Å²) in [5, 5.41) is 5.80. The summed E-state index contributed by atoms with van der Waals surface area (Å²) in [5.74, 6) is 0.301. The van der Waals surface area contributed by atoms with Crippen molar-refractivity contribution in [3.05, 3.63) is 89.9 Å². The molecule has 4 nitrogen and oxygen atoms in total. The Kier molecular flexibility index (Phi) is 6.26. The van der Waals surface area contributed by atoms with Gasteiger partial charge in [0.15, 0.2) is 0 Å². The first kappa shape index (κ1) is 22.0. The Bertz CT molecular complexity index is 1030. The Hall–Kier alpha value is -3.22. The number of alkyl halides is 3. The zero-order chi connectivity index (χ0) is 22.7. The normalized spacial score (nSPS) is 17.7. The van der Waals surface area contributed by atoms with E-state index in [2.05, 4.69) is 35.9 Å². The van der Waals surface area contributed by atoms with Gasteiger partial charge in [-0.2, -0.15) is 13.2 Å². The number of rotatable bonds is 8. The van der Waals surface area contributed by atoms with Crippen molar-refractivity contribution >= 4 is 11.4 Å². The molecule has 4 rings (SSSR count). The third kappa shape index (κ3) is 5.33. The average Bonchev–Trinajstić information content (AvgIpc) is 3.34. The molecule has 1 saturated heterocycles. The minimum Gasteiger partial charge on any atom is -0.383 e. The van der Waals surface area contributed by atoms with Crippen molar-refractivity contribution < 1.29 is 13.2 Å². The summed E-state index contributed by atoms with van der Waals surface area (Å²) in [6.07, 6.45) is -1.72. The third-order valence-electron chi connectivity index (χ3n) is 5.82.